The van der Waals surface area contributed by atoms with E-state index in [0.717, 1.165) is 11.3 Å². The number of hydrazone groups is 1. The molecule has 0 unspecified atom stereocenters. The van der Waals surface area contributed by atoms with E-state index in [9.17, 15) is 4.79 Å². The van der Waals surface area contributed by atoms with Crippen LogP contribution in [0.2, 0.25) is 5.02 Å². The monoisotopic (exact) mass is 250 g/mol. The number of hydrogen-bond donors (Lipinski definition) is 1. The number of carbonyl (C=O) groups excluding carboxylic acids is 1. The van der Waals surface area contributed by atoms with Crippen molar-refractivity contribution in [3.05, 3.63) is 34.9 Å². The van der Waals surface area contributed by atoms with E-state index in [2.05, 4.69) is 10.5 Å². The summed E-state index contributed by atoms with van der Waals surface area (Å²) in [5.74, 6) is 0.498. The van der Waals surface area contributed by atoms with Crippen LogP contribution in [0, 0.1) is 5.92 Å². The first-order valence-electron chi connectivity index (χ1n) is 5.72. The summed E-state index contributed by atoms with van der Waals surface area (Å²) in [4.78, 5) is 11.6. The molecule has 4 heteroatoms. The highest BCUT2D eigenvalue weighted by Gasteiger charge is 2.24. The number of hydrogen-bond acceptors (Lipinski definition) is 2. The van der Waals surface area contributed by atoms with E-state index in [-0.39, 0.29) is 5.91 Å². The molecule has 1 aliphatic rings. The van der Waals surface area contributed by atoms with Gasteiger partial charge < -0.3 is 0 Å². The van der Waals surface area contributed by atoms with Crippen molar-refractivity contribution in [1.82, 2.24) is 5.43 Å². The van der Waals surface area contributed by atoms with Crippen LogP contribution in [0.25, 0.3) is 0 Å². The molecule has 0 bridgehead atoms. The number of nitrogens with one attached hydrogen (secondary N) is 1. The van der Waals surface area contributed by atoms with Crippen LogP contribution >= 0.6 is 11.6 Å². The van der Waals surface area contributed by atoms with Gasteiger partial charge in [-0.1, -0.05) is 23.7 Å². The Hall–Kier alpha value is -1.35. The summed E-state index contributed by atoms with van der Waals surface area (Å²) in [6, 6.07) is 7.25. The quantitative estimate of drug-likeness (QED) is 0.648. The van der Waals surface area contributed by atoms with Crippen LogP contribution in [0.15, 0.2) is 29.4 Å². The normalized spacial score (nSPS) is 15.8. The van der Waals surface area contributed by atoms with E-state index >= 15 is 0 Å². The van der Waals surface area contributed by atoms with E-state index in [0.29, 0.717) is 17.4 Å². The summed E-state index contributed by atoms with van der Waals surface area (Å²) in [5.41, 5.74) is 4.54. The largest absolute Gasteiger partial charge is 0.273 e. The van der Waals surface area contributed by atoms with Gasteiger partial charge in [-0.2, -0.15) is 5.10 Å². The Morgan fingerprint density at radius 2 is 2.06 bits per heavy atom. The molecule has 1 fully saturated rings. The third-order valence-electron chi connectivity index (χ3n) is 2.80. The van der Waals surface area contributed by atoms with Crippen molar-refractivity contribution < 1.29 is 4.79 Å². The molecule has 1 aliphatic carbocycles. The summed E-state index contributed by atoms with van der Waals surface area (Å²) >= 11 is 5.77. The second-order valence-corrected chi connectivity index (χ2v) is 4.80. The number of nitrogens with zero attached hydrogens (tertiary/aromatic N) is 1. The summed E-state index contributed by atoms with van der Waals surface area (Å²) in [7, 11) is 0. The van der Waals surface area contributed by atoms with E-state index in [1.807, 2.05) is 19.1 Å². The summed E-state index contributed by atoms with van der Waals surface area (Å²) < 4.78 is 0. The van der Waals surface area contributed by atoms with Crippen LogP contribution in [0.5, 0.6) is 0 Å². The van der Waals surface area contributed by atoms with Gasteiger partial charge >= 0.3 is 0 Å². The maximum Gasteiger partial charge on any atom is 0.244 e. The molecule has 2 rings (SSSR count). The zero-order chi connectivity index (χ0) is 12.3. The first-order valence-corrected chi connectivity index (χ1v) is 6.10. The minimum Gasteiger partial charge on any atom is -0.273 e. The molecule has 90 valence electrons. The molecule has 0 saturated heterocycles. The fraction of sp³-hybridized carbons (Fsp3) is 0.385. The standard InChI is InChI=1S/C13H15ClN2O/c1-9(11-4-5-11)15-16-13(17)8-10-2-6-12(14)7-3-10/h2-3,6-7,11H,4-5,8H2,1H3,(H,16,17). The third-order valence-corrected chi connectivity index (χ3v) is 3.06. The van der Waals surface area contributed by atoms with Gasteiger partial charge in [-0.25, -0.2) is 5.43 Å². The van der Waals surface area contributed by atoms with Crippen molar-refractivity contribution in [2.45, 2.75) is 26.2 Å². The Morgan fingerprint density at radius 3 is 2.65 bits per heavy atom. The fourth-order valence-corrected chi connectivity index (χ4v) is 1.70. The van der Waals surface area contributed by atoms with Crippen LogP contribution in [-0.2, 0) is 11.2 Å². The fourth-order valence-electron chi connectivity index (χ4n) is 1.57. The SMILES string of the molecule is CC(=NNC(=O)Cc1ccc(Cl)cc1)C1CC1. The Kier molecular flexibility index (Phi) is 3.79. The van der Waals surface area contributed by atoms with E-state index in [1.165, 1.54) is 12.8 Å². The molecule has 1 aromatic rings. The predicted molar refractivity (Wildman–Crippen MR) is 69.1 cm³/mol. The predicted octanol–water partition coefficient (Wildman–Crippen LogP) is 2.78. The van der Waals surface area contributed by atoms with Crippen molar-refractivity contribution >= 4 is 23.2 Å². The molecule has 1 amide bonds. The number of benzene rings is 1. The summed E-state index contributed by atoms with van der Waals surface area (Å²) in [6.45, 7) is 1.96. The highest BCUT2D eigenvalue weighted by Crippen LogP contribution is 2.30. The van der Waals surface area contributed by atoms with Crippen molar-refractivity contribution in [2.75, 3.05) is 0 Å². The molecule has 0 spiro atoms. The minimum absolute atomic E-state index is 0.0904. The van der Waals surface area contributed by atoms with Gasteiger partial charge in [0.05, 0.1) is 6.42 Å². The average molecular weight is 251 g/mol. The van der Waals surface area contributed by atoms with Crippen molar-refractivity contribution in [3.63, 3.8) is 0 Å². The van der Waals surface area contributed by atoms with E-state index in [4.69, 9.17) is 11.6 Å². The molecular formula is C13H15ClN2O. The van der Waals surface area contributed by atoms with Crippen LogP contribution < -0.4 is 5.43 Å². The second kappa shape index (κ2) is 5.32. The van der Waals surface area contributed by atoms with Crippen molar-refractivity contribution in [3.8, 4) is 0 Å². The Labute approximate surface area is 106 Å². The van der Waals surface area contributed by atoms with Gasteiger partial charge in [-0.15, -0.1) is 0 Å². The first kappa shape index (κ1) is 12.1. The molecule has 1 N–H and O–H groups in total. The van der Waals surface area contributed by atoms with Gasteiger partial charge in [-0.3, -0.25) is 4.79 Å². The smallest absolute Gasteiger partial charge is 0.244 e. The molecule has 0 aromatic heterocycles. The highest BCUT2D eigenvalue weighted by molar-refractivity contribution is 6.30. The zero-order valence-electron chi connectivity index (χ0n) is 9.74. The molecule has 0 aliphatic heterocycles. The van der Waals surface area contributed by atoms with Crippen LogP contribution in [0.4, 0.5) is 0 Å². The number of rotatable bonds is 4. The Morgan fingerprint density at radius 1 is 1.41 bits per heavy atom. The van der Waals surface area contributed by atoms with Crippen LogP contribution in [0.3, 0.4) is 0 Å². The van der Waals surface area contributed by atoms with Crippen molar-refractivity contribution in [1.29, 1.82) is 0 Å². The lowest BCUT2D eigenvalue weighted by atomic mass is 10.1. The van der Waals surface area contributed by atoms with Crippen LogP contribution in [-0.4, -0.2) is 11.6 Å². The van der Waals surface area contributed by atoms with E-state index < -0.39 is 0 Å². The number of halogens is 1. The maximum atomic E-state index is 11.6. The van der Waals surface area contributed by atoms with Gasteiger partial charge in [0.25, 0.3) is 0 Å². The number of carbonyl (C=O) groups is 1. The molecule has 17 heavy (non-hydrogen) atoms. The molecule has 0 atom stereocenters. The lowest BCUT2D eigenvalue weighted by Gasteiger charge is -2.02. The lowest BCUT2D eigenvalue weighted by molar-refractivity contribution is -0.120. The molecule has 1 aromatic carbocycles. The molecular weight excluding hydrogens is 236 g/mol. The van der Waals surface area contributed by atoms with E-state index in [1.54, 1.807) is 12.1 Å². The van der Waals surface area contributed by atoms with Gasteiger partial charge in [0.2, 0.25) is 5.91 Å². The highest BCUT2D eigenvalue weighted by atomic mass is 35.5. The zero-order valence-corrected chi connectivity index (χ0v) is 10.5. The lowest BCUT2D eigenvalue weighted by Crippen LogP contribution is -2.21. The summed E-state index contributed by atoms with van der Waals surface area (Å²) in [6.07, 6.45) is 2.73. The number of amides is 1. The molecule has 3 nitrogen and oxygen atoms in total. The average Bonchev–Trinajstić information content (AvgIpc) is 3.13. The molecule has 1 saturated carbocycles. The van der Waals surface area contributed by atoms with Gasteiger partial charge in [0.15, 0.2) is 0 Å². The van der Waals surface area contributed by atoms with Crippen molar-refractivity contribution in [2.24, 2.45) is 11.0 Å². The summed E-state index contributed by atoms with van der Waals surface area (Å²) in [5, 5.41) is 4.77. The first-order chi connectivity index (χ1) is 8.15. The maximum absolute atomic E-state index is 11.6. The van der Waals surface area contributed by atoms with Crippen LogP contribution in [0.1, 0.15) is 25.3 Å². The Bertz CT molecular complexity index is 435. The third kappa shape index (κ3) is 3.86. The molecule has 0 radical (unpaired) electrons. The van der Waals surface area contributed by atoms with Gasteiger partial charge in [-0.05, 0) is 43.4 Å². The van der Waals surface area contributed by atoms with Gasteiger partial charge in [0, 0.05) is 10.7 Å². The second-order valence-electron chi connectivity index (χ2n) is 4.37. The Balaban J connectivity index is 1.84. The molecule has 0 heterocycles. The van der Waals surface area contributed by atoms with Gasteiger partial charge in [0.1, 0.15) is 0 Å². The minimum atomic E-state index is -0.0904. The topological polar surface area (TPSA) is 41.5 Å².